The summed E-state index contributed by atoms with van der Waals surface area (Å²) >= 11 is 2.66. The zero-order chi connectivity index (χ0) is 23.1. The maximum absolute atomic E-state index is 12.6. The molecule has 8 nitrogen and oxygen atoms in total. The summed E-state index contributed by atoms with van der Waals surface area (Å²) in [6, 6.07) is 9.95. The summed E-state index contributed by atoms with van der Waals surface area (Å²) in [6.07, 6.45) is -0.0798. The molecule has 0 radical (unpaired) electrons. The highest BCUT2D eigenvalue weighted by Crippen LogP contribution is 2.32. The van der Waals surface area contributed by atoms with Crippen LogP contribution in [0.1, 0.15) is 41.6 Å². The van der Waals surface area contributed by atoms with Gasteiger partial charge in [-0.2, -0.15) is 0 Å². The number of benzene rings is 1. The third-order valence-electron chi connectivity index (χ3n) is 4.52. The number of rotatable bonds is 9. The van der Waals surface area contributed by atoms with Gasteiger partial charge in [0.15, 0.2) is 10.3 Å². The van der Waals surface area contributed by atoms with Crippen molar-refractivity contribution in [1.82, 2.24) is 15.0 Å². The van der Waals surface area contributed by atoms with E-state index in [1.807, 2.05) is 37.3 Å². The van der Waals surface area contributed by atoms with E-state index in [-0.39, 0.29) is 35.5 Å². The molecule has 0 spiro atoms. The van der Waals surface area contributed by atoms with E-state index in [2.05, 4.69) is 20.3 Å². The average Bonchev–Trinajstić information content (AvgIpc) is 3.18. The zero-order valence-corrected chi connectivity index (χ0v) is 19.6. The molecule has 2 N–H and O–H groups in total. The summed E-state index contributed by atoms with van der Waals surface area (Å²) in [6.45, 7) is 5.80. The predicted octanol–water partition coefficient (Wildman–Crippen LogP) is 3.67. The summed E-state index contributed by atoms with van der Waals surface area (Å²) in [5.74, 6) is -0.751. The Bertz CT molecular complexity index is 1140. The smallest absolute Gasteiger partial charge is 0.311 e. The number of carbonyl (C=O) groups is 2. The van der Waals surface area contributed by atoms with Gasteiger partial charge in [-0.3, -0.25) is 14.4 Å². The number of H-pyrrole nitrogens is 1. The first-order valence-electron chi connectivity index (χ1n) is 10.1. The molecule has 0 bridgehead atoms. The Morgan fingerprint density at radius 1 is 1.22 bits per heavy atom. The number of anilines is 1. The zero-order valence-electron chi connectivity index (χ0n) is 18.0. The van der Waals surface area contributed by atoms with Crippen molar-refractivity contribution in [3.8, 4) is 0 Å². The van der Waals surface area contributed by atoms with Gasteiger partial charge in [0.25, 0.3) is 5.56 Å². The molecule has 2 heterocycles. The fourth-order valence-corrected chi connectivity index (χ4v) is 4.63. The lowest BCUT2D eigenvalue weighted by Crippen LogP contribution is -2.23. The van der Waals surface area contributed by atoms with Crippen molar-refractivity contribution in [2.45, 2.75) is 44.0 Å². The molecule has 0 saturated heterocycles. The minimum absolute atomic E-state index is 0.0451. The number of aromatic amines is 1. The molecule has 3 aromatic rings. The Kier molecular flexibility index (Phi) is 8.18. The molecule has 0 aliphatic heterocycles. The summed E-state index contributed by atoms with van der Waals surface area (Å²) in [4.78, 5) is 48.1. The van der Waals surface area contributed by atoms with E-state index in [0.717, 1.165) is 5.56 Å². The summed E-state index contributed by atoms with van der Waals surface area (Å²) in [7, 11) is 0. The Balaban J connectivity index is 1.62. The van der Waals surface area contributed by atoms with Crippen LogP contribution < -0.4 is 10.9 Å². The molecule has 168 valence electrons. The van der Waals surface area contributed by atoms with Crippen LogP contribution in [0.15, 0.2) is 45.7 Å². The van der Waals surface area contributed by atoms with Crippen LogP contribution in [0.2, 0.25) is 0 Å². The van der Waals surface area contributed by atoms with Crippen LogP contribution >= 0.6 is 23.1 Å². The molecular formula is C22H24N4O4S2. The van der Waals surface area contributed by atoms with Crippen molar-refractivity contribution in [3.05, 3.63) is 68.6 Å². The van der Waals surface area contributed by atoms with Crippen LogP contribution in [0.5, 0.6) is 0 Å². The van der Waals surface area contributed by atoms with E-state index in [9.17, 15) is 14.4 Å². The van der Waals surface area contributed by atoms with Gasteiger partial charge in [-0.25, -0.2) is 9.97 Å². The van der Waals surface area contributed by atoms with Crippen LogP contribution in [-0.2, 0) is 27.2 Å². The van der Waals surface area contributed by atoms with Gasteiger partial charge in [-0.05, 0) is 26.3 Å². The van der Waals surface area contributed by atoms with Crippen LogP contribution in [0.25, 0.3) is 0 Å². The average molecular weight is 473 g/mol. The molecule has 3 rings (SSSR count). The van der Waals surface area contributed by atoms with Crippen LogP contribution in [0.3, 0.4) is 0 Å². The first kappa shape index (κ1) is 23.7. The third kappa shape index (κ3) is 6.51. The number of amides is 1. The largest absolute Gasteiger partial charge is 0.466 e. The summed E-state index contributed by atoms with van der Waals surface area (Å²) in [5.41, 5.74) is 2.13. The Morgan fingerprint density at radius 3 is 2.66 bits per heavy atom. The highest BCUT2D eigenvalue weighted by molar-refractivity contribution is 7.99. The van der Waals surface area contributed by atoms with Gasteiger partial charge in [0, 0.05) is 21.9 Å². The number of hydrogen-bond acceptors (Lipinski definition) is 8. The monoisotopic (exact) mass is 472 g/mol. The normalized spacial score (nSPS) is 11.7. The Labute approximate surface area is 193 Å². The minimum atomic E-state index is -0.379. The van der Waals surface area contributed by atoms with Gasteiger partial charge in [-0.1, -0.05) is 42.1 Å². The second-order valence-corrected chi connectivity index (χ2v) is 9.14. The molecule has 0 fully saturated rings. The molecule has 1 atom stereocenters. The number of nitrogens with zero attached hydrogens (tertiary/aromatic N) is 2. The number of thiazole rings is 1. The molecule has 1 unspecified atom stereocenters. The number of aromatic nitrogens is 3. The minimum Gasteiger partial charge on any atom is -0.466 e. The number of hydrogen-bond donors (Lipinski definition) is 2. The molecule has 1 aromatic carbocycles. The SMILES string of the molecule is CCOC(=O)Cc1csc(NC(=O)Cc2c(C)nc(SC(C)c3ccccc3)[nH]c2=O)n1. The second-order valence-electron chi connectivity index (χ2n) is 6.96. The molecular weight excluding hydrogens is 448 g/mol. The Morgan fingerprint density at radius 2 is 1.97 bits per heavy atom. The lowest BCUT2D eigenvalue weighted by molar-refractivity contribution is -0.142. The first-order chi connectivity index (χ1) is 15.4. The van der Waals surface area contributed by atoms with Gasteiger partial charge in [-0.15, -0.1) is 11.3 Å². The maximum Gasteiger partial charge on any atom is 0.311 e. The molecule has 0 aliphatic rings. The number of aryl methyl sites for hydroxylation is 1. The van der Waals surface area contributed by atoms with Gasteiger partial charge >= 0.3 is 5.97 Å². The van der Waals surface area contributed by atoms with E-state index >= 15 is 0 Å². The van der Waals surface area contributed by atoms with E-state index in [0.29, 0.717) is 33.8 Å². The summed E-state index contributed by atoms with van der Waals surface area (Å²) < 4.78 is 4.89. The molecule has 0 saturated carbocycles. The number of nitrogens with one attached hydrogen (secondary N) is 2. The number of carbonyl (C=O) groups excluding carboxylic acids is 2. The predicted molar refractivity (Wildman–Crippen MR) is 125 cm³/mol. The highest BCUT2D eigenvalue weighted by atomic mass is 32.2. The van der Waals surface area contributed by atoms with Crippen molar-refractivity contribution in [3.63, 3.8) is 0 Å². The highest BCUT2D eigenvalue weighted by Gasteiger charge is 2.16. The van der Waals surface area contributed by atoms with Crippen LogP contribution in [0, 0.1) is 6.92 Å². The standard InChI is InChI=1S/C22H24N4O4S2/c1-4-30-19(28)10-16-12-31-21(24-16)25-18(27)11-17-13(2)23-22(26-20(17)29)32-14(3)15-8-6-5-7-9-15/h5-9,12,14H,4,10-11H2,1-3H3,(H,23,26,29)(H,24,25,27). The van der Waals surface area contributed by atoms with Gasteiger partial charge in [0.2, 0.25) is 5.91 Å². The number of thioether (sulfide) groups is 1. The van der Waals surface area contributed by atoms with Crippen molar-refractivity contribution in [2.75, 3.05) is 11.9 Å². The molecule has 1 amide bonds. The van der Waals surface area contributed by atoms with E-state index in [1.54, 1.807) is 19.2 Å². The Hall–Kier alpha value is -2.98. The topological polar surface area (TPSA) is 114 Å². The van der Waals surface area contributed by atoms with E-state index in [4.69, 9.17) is 4.74 Å². The lowest BCUT2D eigenvalue weighted by Gasteiger charge is -2.12. The first-order valence-corrected chi connectivity index (χ1v) is 11.8. The fourth-order valence-electron chi connectivity index (χ4n) is 2.94. The van der Waals surface area contributed by atoms with Crippen molar-refractivity contribution >= 4 is 40.1 Å². The quantitative estimate of drug-likeness (QED) is 0.277. The molecule has 2 aromatic heterocycles. The number of esters is 1. The van der Waals surface area contributed by atoms with Crippen molar-refractivity contribution in [1.29, 1.82) is 0 Å². The van der Waals surface area contributed by atoms with Gasteiger partial charge < -0.3 is 15.0 Å². The molecule has 10 heteroatoms. The lowest BCUT2D eigenvalue weighted by atomic mass is 10.1. The molecule has 32 heavy (non-hydrogen) atoms. The van der Waals surface area contributed by atoms with E-state index in [1.165, 1.54) is 23.1 Å². The van der Waals surface area contributed by atoms with Crippen molar-refractivity contribution in [2.24, 2.45) is 0 Å². The fraction of sp³-hybridized carbons (Fsp3) is 0.318. The second kappa shape index (κ2) is 11.1. The molecule has 0 aliphatic carbocycles. The van der Waals surface area contributed by atoms with Crippen LogP contribution in [-0.4, -0.2) is 33.4 Å². The third-order valence-corrected chi connectivity index (χ3v) is 6.37. The van der Waals surface area contributed by atoms with E-state index < -0.39 is 0 Å². The maximum atomic E-state index is 12.6. The van der Waals surface area contributed by atoms with Gasteiger partial charge in [0.1, 0.15) is 0 Å². The summed E-state index contributed by atoms with van der Waals surface area (Å²) in [5, 5.41) is 5.34. The number of ether oxygens (including phenoxy) is 1. The van der Waals surface area contributed by atoms with Crippen molar-refractivity contribution < 1.29 is 14.3 Å². The van der Waals surface area contributed by atoms with Gasteiger partial charge in [0.05, 0.1) is 25.1 Å². The van der Waals surface area contributed by atoms with Crippen LogP contribution in [0.4, 0.5) is 5.13 Å².